The molecule has 0 atom stereocenters. The first-order valence-electron chi connectivity index (χ1n) is 8.14. The Kier molecular flexibility index (Phi) is 5.61. The van der Waals surface area contributed by atoms with Crippen LogP contribution in [0.25, 0.3) is 0 Å². The first kappa shape index (κ1) is 15.5. The van der Waals surface area contributed by atoms with Crippen LogP contribution in [0.2, 0.25) is 0 Å². The Bertz CT molecular complexity index is 393. The van der Waals surface area contributed by atoms with Gasteiger partial charge in [-0.05, 0) is 31.9 Å². The number of rotatable bonds is 7. The zero-order valence-electron chi connectivity index (χ0n) is 13.1. The monoisotopic (exact) mass is 278 g/mol. The Morgan fingerprint density at radius 1 is 1.30 bits per heavy atom. The Morgan fingerprint density at radius 2 is 2.05 bits per heavy atom. The summed E-state index contributed by atoms with van der Waals surface area (Å²) in [6.07, 6.45) is 10.8. The van der Waals surface area contributed by atoms with Crippen LogP contribution >= 0.6 is 0 Å². The molecule has 1 saturated carbocycles. The summed E-state index contributed by atoms with van der Waals surface area (Å²) in [6, 6.07) is 2.13. The first-order chi connectivity index (χ1) is 9.72. The summed E-state index contributed by atoms with van der Waals surface area (Å²) in [5, 5.41) is 4.26. The quantitative estimate of drug-likeness (QED) is 0.833. The SMILES string of the molecule is CCCN(CCc1ccnn1C)C1(CN)CCCCC1. The van der Waals surface area contributed by atoms with Gasteiger partial charge in [0.25, 0.3) is 0 Å². The van der Waals surface area contributed by atoms with Crippen LogP contribution < -0.4 is 5.73 Å². The largest absolute Gasteiger partial charge is 0.329 e. The molecular formula is C16H30N4. The van der Waals surface area contributed by atoms with Crippen LogP contribution in [-0.4, -0.2) is 39.9 Å². The molecule has 1 heterocycles. The molecule has 1 aromatic rings. The van der Waals surface area contributed by atoms with Crippen molar-refractivity contribution in [2.45, 2.75) is 57.4 Å². The van der Waals surface area contributed by atoms with Gasteiger partial charge in [-0.3, -0.25) is 9.58 Å². The molecule has 2 N–H and O–H groups in total. The zero-order valence-corrected chi connectivity index (χ0v) is 13.1. The van der Waals surface area contributed by atoms with Crippen molar-refractivity contribution >= 4 is 0 Å². The Labute approximate surface area is 123 Å². The van der Waals surface area contributed by atoms with Crippen LogP contribution in [0, 0.1) is 0 Å². The molecule has 0 aliphatic heterocycles. The highest BCUT2D eigenvalue weighted by atomic mass is 15.3. The van der Waals surface area contributed by atoms with Gasteiger partial charge >= 0.3 is 0 Å². The average Bonchev–Trinajstić information content (AvgIpc) is 2.89. The fraction of sp³-hybridized carbons (Fsp3) is 0.812. The van der Waals surface area contributed by atoms with E-state index < -0.39 is 0 Å². The highest BCUT2D eigenvalue weighted by molar-refractivity contribution is 5.02. The molecule has 4 heteroatoms. The van der Waals surface area contributed by atoms with Crippen LogP contribution in [0.3, 0.4) is 0 Å². The van der Waals surface area contributed by atoms with Gasteiger partial charge < -0.3 is 5.73 Å². The molecule has 114 valence electrons. The van der Waals surface area contributed by atoms with E-state index in [4.69, 9.17) is 5.73 Å². The minimum atomic E-state index is 0.257. The lowest BCUT2D eigenvalue weighted by Crippen LogP contribution is -2.55. The van der Waals surface area contributed by atoms with E-state index in [1.54, 1.807) is 0 Å². The van der Waals surface area contributed by atoms with E-state index >= 15 is 0 Å². The van der Waals surface area contributed by atoms with Crippen LogP contribution in [0.4, 0.5) is 0 Å². The van der Waals surface area contributed by atoms with Crippen LogP contribution in [0.5, 0.6) is 0 Å². The van der Waals surface area contributed by atoms with Gasteiger partial charge in [0.05, 0.1) is 0 Å². The fourth-order valence-corrected chi connectivity index (χ4v) is 3.61. The third kappa shape index (κ3) is 3.41. The smallest absolute Gasteiger partial charge is 0.0492 e. The van der Waals surface area contributed by atoms with Crippen molar-refractivity contribution < 1.29 is 0 Å². The maximum atomic E-state index is 6.19. The fourth-order valence-electron chi connectivity index (χ4n) is 3.61. The Morgan fingerprint density at radius 3 is 2.60 bits per heavy atom. The topological polar surface area (TPSA) is 47.1 Å². The van der Waals surface area contributed by atoms with E-state index in [2.05, 4.69) is 23.0 Å². The molecule has 0 saturated heterocycles. The first-order valence-corrected chi connectivity index (χ1v) is 8.14. The second-order valence-electron chi connectivity index (χ2n) is 6.17. The number of aryl methyl sites for hydroxylation is 1. The Hall–Kier alpha value is -0.870. The van der Waals surface area contributed by atoms with Crippen LogP contribution in [-0.2, 0) is 13.5 Å². The van der Waals surface area contributed by atoms with Crippen molar-refractivity contribution in [2.24, 2.45) is 12.8 Å². The summed E-state index contributed by atoms with van der Waals surface area (Å²) in [6.45, 7) is 5.34. The molecule has 0 amide bonds. The van der Waals surface area contributed by atoms with Crippen LogP contribution in [0.1, 0.15) is 51.1 Å². The van der Waals surface area contributed by atoms with E-state index in [1.165, 1.54) is 44.2 Å². The maximum absolute atomic E-state index is 6.19. The zero-order chi connectivity index (χ0) is 14.4. The third-order valence-corrected chi connectivity index (χ3v) is 4.89. The summed E-state index contributed by atoms with van der Waals surface area (Å²) < 4.78 is 1.99. The van der Waals surface area contributed by atoms with E-state index in [1.807, 2.05) is 17.9 Å². The van der Waals surface area contributed by atoms with E-state index in [-0.39, 0.29) is 5.54 Å². The number of nitrogens with zero attached hydrogens (tertiary/aromatic N) is 3. The van der Waals surface area contributed by atoms with E-state index in [0.717, 1.165) is 26.1 Å². The highest BCUT2D eigenvalue weighted by Gasteiger charge is 2.35. The molecule has 1 aliphatic carbocycles. The third-order valence-electron chi connectivity index (χ3n) is 4.89. The molecule has 1 fully saturated rings. The van der Waals surface area contributed by atoms with Crippen molar-refractivity contribution in [3.8, 4) is 0 Å². The molecule has 4 nitrogen and oxygen atoms in total. The summed E-state index contributed by atoms with van der Waals surface area (Å²) in [5.74, 6) is 0. The van der Waals surface area contributed by atoms with Gasteiger partial charge in [-0.1, -0.05) is 26.2 Å². The van der Waals surface area contributed by atoms with Gasteiger partial charge in [0.15, 0.2) is 0 Å². The molecule has 2 rings (SSSR count). The minimum Gasteiger partial charge on any atom is -0.329 e. The van der Waals surface area contributed by atoms with Gasteiger partial charge in [0.1, 0.15) is 0 Å². The average molecular weight is 278 g/mol. The molecule has 1 aromatic heterocycles. The van der Waals surface area contributed by atoms with Crippen molar-refractivity contribution in [3.05, 3.63) is 18.0 Å². The second-order valence-corrected chi connectivity index (χ2v) is 6.17. The number of hydrogen-bond donors (Lipinski definition) is 1. The number of aromatic nitrogens is 2. The predicted octanol–water partition coefficient (Wildman–Crippen LogP) is 2.34. The summed E-state index contributed by atoms with van der Waals surface area (Å²) in [4.78, 5) is 2.67. The Balaban J connectivity index is 2.03. The van der Waals surface area contributed by atoms with E-state index in [0.29, 0.717) is 0 Å². The standard InChI is InChI=1S/C16H30N4/c1-3-12-20(13-8-15-7-11-18-19(15)2)16(14-17)9-5-4-6-10-16/h7,11H,3-6,8-10,12-14,17H2,1-2H3. The molecule has 0 bridgehead atoms. The summed E-state index contributed by atoms with van der Waals surface area (Å²) >= 11 is 0. The molecule has 1 aliphatic rings. The van der Waals surface area contributed by atoms with Crippen molar-refractivity contribution in [1.29, 1.82) is 0 Å². The van der Waals surface area contributed by atoms with Gasteiger partial charge in [-0.2, -0.15) is 5.10 Å². The lowest BCUT2D eigenvalue weighted by Gasteiger charge is -2.46. The van der Waals surface area contributed by atoms with Gasteiger partial charge in [-0.25, -0.2) is 0 Å². The number of hydrogen-bond acceptors (Lipinski definition) is 3. The van der Waals surface area contributed by atoms with Gasteiger partial charge in [0, 0.05) is 44.0 Å². The predicted molar refractivity (Wildman–Crippen MR) is 83.6 cm³/mol. The normalized spacial score (nSPS) is 18.6. The molecule has 0 unspecified atom stereocenters. The van der Waals surface area contributed by atoms with Crippen LogP contribution in [0.15, 0.2) is 12.3 Å². The summed E-state index contributed by atoms with van der Waals surface area (Å²) in [5.41, 5.74) is 7.76. The second kappa shape index (κ2) is 7.23. The number of nitrogens with two attached hydrogens (primary N) is 1. The van der Waals surface area contributed by atoms with Crippen molar-refractivity contribution in [3.63, 3.8) is 0 Å². The lowest BCUT2D eigenvalue weighted by molar-refractivity contribution is 0.0573. The van der Waals surface area contributed by atoms with Crippen molar-refractivity contribution in [1.82, 2.24) is 14.7 Å². The van der Waals surface area contributed by atoms with Crippen molar-refractivity contribution in [2.75, 3.05) is 19.6 Å². The molecule has 0 radical (unpaired) electrons. The minimum absolute atomic E-state index is 0.257. The van der Waals surface area contributed by atoms with Gasteiger partial charge in [0.2, 0.25) is 0 Å². The summed E-state index contributed by atoms with van der Waals surface area (Å²) in [7, 11) is 2.03. The van der Waals surface area contributed by atoms with Gasteiger partial charge in [-0.15, -0.1) is 0 Å². The molecule has 0 spiro atoms. The maximum Gasteiger partial charge on any atom is 0.0492 e. The molecule has 20 heavy (non-hydrogen) atoms. The lowest BCUT2D eigenvalue weighted by atomic mass is 9.80. The highest BCUT2D eigenvalue weighted by Crippen LogP contribution is 2.33. The van der Waals surface area contributed by atoms with E-state index in [9.17, 15) is 0 Å². The molecular weight excluding hydrogens is 248 g/mol. The molecule has 0 aromatic carbocycles.